The van der Waals surface area contributed by atoms with E-state index in [4.69, 9.17) is 10.3 Å². The molecule has 0 aliphatic rings. The van der Waals surface area contributed by atoms with E-state index in [2.05, 4.69) is 4.98 Å². The molecule has 2 aromatic heterocycles. The molecule has 0 saturated carbocycles. The van der Waals surface area contributed by atoms with Crippen molar-refractivity contribution in [3.8, 4) is 11.1 Å². The van der Waals surface area contributed by atoms with Gasteiger partial charge in [0.25, 0.3) is 11.5 Å². The predicted octanol–water partition coefficient (Wildman–Crippen LogP) is 0.240. The number of aromatic nitrogens is 2. The van der Waals surface area contributed by atoms with Crippen molar-refractivity contribution in [1.29, 1.82) is 0 Å². The number of hydrogen-bond donors (Lipinski definition) is 3. The SMILES string of the molecule is CC(CCn1cc(F)c(-c2ccc(CO)nc2)cc1=O)(C(=O)NO)S(C)(=O)=O. The molecule has 0 fully saturated rings. The third-order valence-electron chi connectivity index (χ3n) is 4.61. The number of pyridine rings is 2. The van der Waals surface area contributed by atoms with Crippen LogP contribution in [0, 0.1) is 5.82 Å². The Morgan fingerprint density at radius 2 is 2.07 bits per heavy atom. The number of sulfone groups is 1. The van der Waals surface area contributed by atoms with Gasteiger partial charge in [-0.1, -0.05) is 6.07 Å². The molecule has 2 rings (SSSR count). The summed E-state index contributed by atoms with van der Waals surface area (Å²) >= 11 is 0. The number of hydrogen-bond acceptors (Lipinski definition) is 7. The molecule has 0 saturated heterocycles. The number of aliphatic hydroxyl groups is 1. The first-order valence-electron chi connectivity index (χ1n) is 8.14. The minimum atomic E-state index is -3.94. The first-order valence-corrected chi connectivity index (χ1v) is 10.0. The molecule has 0 aromatic carbocycles. The molecule has 3 N–H and O–H groups in total. The average molecular weight is 413 g/mol. The van der Waals surface area contributed by atoms with Crippen LogP contribution in [0.15, 0.2) is 35.4 Å². The molecule has 2 heterocycles. The van der Waals surface area contributed by atoms with Gasteiger partial charge in [-0.3, -0.25) is 19.8 Å². The Kier molecular flexibility index (Phi) is 6.32. The van der Waals surface area contributed by atoms with Gasteiger partial charge in [-0.15, -0.1) is 0 Å². The Bertz CT molecular complexity index is 1040. The lowest BCUT2D eigenvalue weighted by atomic mass is 10.1. The van der Waals surface area contributed by atoms with Crippen molar-refractivity contribution in [2.45, 2.75) is 31.2 Å². The molecule has 0 bridgehead atoms. The van der Waals surface area contributed by atoms with Gasteiger partial charge in [0.05, 0.1) is 12.3 Å². The Morgan fingerprint density at radius 1 is 1.39 bits per heavy atom. The number of nitrogens with one attached hydrogen (secondary N) is 1. The summed E-state index contributed by atoms with van der Waals surface area (Å²) in [5, 5.41) is 17.8. The van der Waals surface area contributed by atoms with Crippen LogP contribution < -0.4 is 11.0 Å². The summed E-state index contributed by atoms with van der Waals surface area (Å²) < 4.78 is 37.4. The standard InChI is InChI=1S/C17H20FN3O6S/c1-17(16(24)20-25,28(2,26)27)5-6-21-9-14(18)13(7-15(21)23)11-3-4-12(10-22)19-8-11/h3-4,7-9,22,25H,5-6,10H2,1-2H3,(H,20,24). The zero-order valence-electron chi connectivity index (χ0n) is 15.2. The Morgan fingerprint density at radius 3 is 2.57 bits per heavy atom. The molecule has 11 heteroatoms. The van der Waals surface area contributed by atoms with Gasteiger partial charge in [-0.2, -0.15) is 0 Å². The summed E-state index contributed by atoms with van der Waals surface area (Å²) in [5.74, 6) is -1.89. The number of amides is 1. The van der Waals surface area contributed by atoms with Crippen LogP contribution in [0.1, 0.15) is 19.0 Å². The van der Waals surface area contributed by atoms with Crippen LogP contribution >= 0.6 is 0 Å². The molecular weight excluding hydrogens is 393 g/mol. The van der Waals surface area contributed by atoms with Crippen molar-refractivity contribution in [3.63, 3.8) is 0 Å². The molecule has 9 nitrogen and oxygen atoms in total. The highest BCUT2D eigenvalue weighted by atomic mass is 32.2. The van der Waals surface area contributed by atoms with Gasteiger partial charge in [-0.25, -0.2) is 18.3 Å². The van der Waals surface area contributed by atoms with Gasteiger partial charge in [-0.05, 0) is 19.4 Å². The maximum atomic E-state index is 14.5. The lowest BCUT2D eigenvalue weighted by Gasteiger charge is -2.25. The Hall–Kier alpha value is -2.63. The summed E-state index contributed by atoms with van der Waals surface area (Å²) in [6.07, 6.45) is 2.71. The van der Waals surface area contributed by atoms with E-state index in [9.17, 15) is 22.4 Å². The highest BCUT2D eigenvalue weighted by molar-refractivity contribution is 7.92. The van der Waals surface area contributed by atoms with Crippen LogP contribution in [0.3, 0.4) is 0 Å². The number of carbonyl (C=O) groups excluding carboxylic acids is 1. The minimum Gasteiger partial charge on any atom is -0.390 e. The molecule has 1 unspecified atom stereocenters. The Balaban J connectivity index is 2.34. The van der Waals surface area contributed by atoms with E-state index >= 15 is 0 Å². The van der Waals surface area contributed by atoms with Crippen LogP contribution in [0.5, 0.6) is 0 Å². The molecule has 152 valence electrons. The number of nitrogens with zero attached hydrogens (tertiary/aromatic N) is 2. The molecule has 2 aromatic rings. The van der Waals surface area contributed by atoms with E-state index in [1.165, 1.54) is 23.8 Å². The van der Waals surface area contributed by atoms with Crippen molar-refractivity contribution in [2.24, 2.45) is 0 Å². The van der Waals surface area contributed by atoms with E-state index in [-0.39, 0.29) is 25.1 Å². The average Bonchev–Trinajstić information content (AvgIpc) is 2.66. The summed E-state index contributed by atoms with van der Waals surface area (Å²) in [4.78, 5) is 28.1. The summed E-state index contributed by atoms with van der Waals surface area (Å²) in [6.45, 7) is 0.567. The van der Waals surface area contributed by atoms with Crippen molar-refractivity contribution in [2.75, 3.05) is 6.26 Å². The second-order valence-electron chi connectivity index (χ2n) is 6.46. The molecule has 28 heavy (non-hydrogen) atoms. The molecule has 1 atom stereocenters. The van der Waals surface area contributed by atoms with Crippen molar-refractivity contribution >= 4 is 15.7 Å². The van der Waals surface area contributed by atoms with Gasteiger partial charge >= 0.3 is 0 Å². The smallest absolute Gasteiger partial charge is 0.264 e. The lowest BCUT2D eigenvalue weighted by molar-refractivity contribution is -0.131. The number of hydroxylamine groups is 1. The maximum Gasteiger partial charge on any atom is 0.264 e. The van der Waals surface area contributed by atoms with Crippen LogP contribution in [0.25, 0.3) is 11.1 Å². The van der Waals surface area contributed by atoms with E-state index in [0.29, 0.717) is 11.3 Å². The van der Waals surface area contributed by atoms with Crippen LogP contribution in [0.2, 0.25) is 0 Å². The van der Waals surface area contributed by atoms with Gasteiger partial charge in [0.15, 0.2) is 14.6 Å². The third kappa shape index (κ3) is 4.26. The van der Waals surface area contributed by atoms with E-state index in [1.54, 1.807) is 0 Å². The zero-order valence-corrected chi connectivity index (χ0v) is 16.0. The second kappa shape index (κ2) is 8.17. The molecule has 1 amide bonds. The normalized spacial score (nSPS) is 13.8. The van der Waals surface area contributed by atoms with Crippen LogP contribution in [-0.2, 0) is 27.8 Å². The monoisotopic (exact) mass is 413 g/mol. The largest absolute Gasteiger partial charge is 0.390 e. The van der Waals surface area contributed by atoms with Gasteiger partial charge in [0.2, 0.25) is 0 Å². The maximum absolute atomic E-state index is 14.5. The second-order valence-corrected chi connectivity index (χ2v) is 8.90. The number of aliphatic hydroxyl groups excluding tert-OH is 1. The fourth-order valence-corrected chi connectivity index (χ4v) is 3.38. The number of rotatable bonds is 7. The molecule has 0 spiro atoms. The van der Waals surface area contributed by atoms with Gasteiger partial charge in [0.1, 0.15) is 5.82 Å². The summed E-state index contributed by atoms with van der Waals surface area (Å²) in [6, 6.07) is 4.03. The topological polar surface area (TPSA) is 139 Å². The predicted molar refractivity (Wildman–Crippen MR) is 97.6 cm³/mol. The summed E-state index contributed by atoms with van der Waals surface area (Å²) in [5.41, 5.74) is 1.42. The molecular formula is C17H20FN3O6S. The molecule has 0 aliphatic heterocycles. The van der Waals surface area contributed by atoms with Crippen LogP contribution in [-0.4, -0.2) is 45.2 Å². The fourth-order valence-electron chi connectivity index (χ4n) is 2.54. The first kappa shape index (κ1) is 21.7. The highest BCUT2D eigenvalue weighted by Gasteiger charge is 2.43. The third-order valence-corrected chi connectivity index (χ3v) is 6.63. The quantitative estimate of drug-likeness (QED) is 0.436. The van der Waals surface area contributed by atoms with E-state index < -0.39 is 31.9 Å². The first-order chi connectivity index (χ1) is 13.0. The van der Waals surface area contributed by atoms with E-state index in [1.807, 2.05) is 0 Å². The van der Waals surface area contributed by atoms with Crippen LogP contribution in [0.4, 0.5) is 4.39 Å². The number of halogens is 1. The fraction of sp³-hybridized carbons (Fsp3) is 0.353. The van der Waals surface area contributed by atoms with Crippen molar-refractivity contribution in [1.82, 2.24) is 15.0 Å². The summed E-state index contributed by atoms with van der Waals surface area (Å²) in [7, 11) is -3.94. The highest BCUT2D eigenvalue weighted by Crippen LogP contribution is 2.23. The Labute approximate surface area is 160 Å². The van der Waals surface area contributed by atoms with Gasteiger partial charge in [0, 0.05) is 42.4 Å². The zero-order chi connectivity index (χ0) is 21.1. The number of carbonyl (C=O) groups is 1. The lowest BCUT2D eigenvalue weighted by Crippen LogP contribution is -2.50. The number of aryl methyl sites for hydroxylation is 1. The molecule has 0 aliphatic carbocycles. The van der Waals surface area contributed by atoms with E-state index in [0.717, 1.165) is 30.0 Å². The van der Waals surface area contributed by atoms with Gasteiger partial charge < -0.3 is 9.67 Å². The van der Waals surface area contributed by atoms with Crippen molar-refractivity contribution < 1.29 is 27.9 Å². The van der Waals surface area contributed by atoms with Crippen molar-refractivity contribution in [3.05, 3.63) is 52.5 Å². The minimum absolute atomic E-state index is 0.00258. The molecule has 0 radical (unpaired) electrons.